The molecule has 0 bridgehead atoms. The molecular weight excluding hydrogens is 248 g/mol. The van der Waals surface area contributed by atoms with Crippen LogP contribution in [0.1, 0.15) is 15.2 Å². The summed E-state index contributed by atoms with van der Waals surface area (Å²) in [7, 11) is 1.56. The molecule has 0 aliphatic heterocycles. The number of carbonyl (C=O) groups excluding carboxylic acids is 1. The number of nitrogens with one attached hydrogen (secondary N) is 1. The molecule has 18 heavy (non-hydrogen) atoms. The van der Waals surface area contributed by atoms with E-state index in [1.54, 1.807) is 48.9 Å². The predicted octanol–water partition coefficient (Wildman–Crippen LogP) is 2.52. The number of methoxy groups -OCH3 is 1. The van der Waals surface area contributed by atoms with Crippen molar-refractivity contribution < 1.29 is 9.53 Å². The van der Waals surface area contributed by atoms with E-state index < -0.39 is 0 Å². The summed E-state index contributed by atoms with van der Waals surface area (Å²) in [5.41, 5.74) is 2.98. The van der Waals surface area contributed by atoms with E-state index in [0.717, 1.165) is 4.88 Å². The lowest BCUT2D eigenvalue weighted by atomic mass is 10.2. The van der Waals surface area contributed by atoms with E-state index in [0.29, 0.717) is 11.3 Å². The summed E-state index contributed by atoms with van der Waals surface area (Å²) in [6.07, 6.45) is 1.61. The smallest absolute Gasteiger partial charge is 0.271 e. The van der Waals surface area contributed by atoms with Crippen molar-refractivity contribution in [2.75, 3.05) is 7.11 Å². The topological polar surface area (TPSA) is 50.7 Å². The molecule has 2 aromatic rings. The second-order valence-corrected chi connectivity index (χ2v) is 4.43. The van der Waals surface area contributed by atoms with Gasteiger partial charge in [0.05, 0.1) is 13.3 Å². The van der Waals surface area contributed by atoms with Crippen LogP contribution in [-0.2, 0) is 0 Å². The van der Waals surface area contributed by atoms with Crippen LogP contribution in [0.5, 0.6) is 5.75 Å². The predicted molar refractivity (Wildman–Crippen MR) is 72.4 cm³/mol. The third-order valence-corrected chi connectivity index (χ3v) is 3.04. The molecule has 0 aliphatic carbocycles. The number of rotatable bonds is 4. The molecule has 1 N–H and O–H groups in total. The first-order valence-electron chi connectivity index (χ1n) is 5.30. The number of nitrogens with zero attached hydrogens (tertiary/aromatic N) is 1. The number of ether oxygens (including phenoxy) is 1. The van der Waals surface area contributed by atoms with E-state index in [9.17, 15) is 4.79 Å². The van der Waals surface area contributed by atoms with Crippen LogP contribution >= 0.6 is 11.3 Å². The van der Waals surface area contributed by atoms with Crippen molar-refractivity contribution >= 4 is 23.5 Å². The first kappa shape index (κ1) is 12.3. The lowest BCUT2D eigenvalue weighted by Crippen LogP contribution is -2.17. The number of carbonyl (C=O) groups is 1. The Labute approximate surface area is 109 Å². The SMILES string of the molecule is COc1cccc(C(=O)NN=Cc2cccs2)c1. The Morgan fingerprint density at radius 2 is 2.28 bits per heavy atom. The zero-order valence-corrected chi connectivity index (χ0v) is 10.6. The standard InChI is InChI=1S/C13H12N2O2S/c1-17-11-5-2-4-10(8-11)13(16)15-14-9-12-6-3-7-18-12/h2-9H,1H3,(H,15,16). The summed E-state index contributed by atoms with van der Waals surface area (Å²) in [5, 5.41) is 5.84. The first-order chi connectivity index (χ1) is 8.79. The molecule has 0 saturated carbocycles. The molecule has 1 aromatic heterocycles. The van der Waals surface area contributed by atoms with Gasteiger partial charge in [0.15, 0.2) is 0 Å². The van der Waals surface area contributed by atoms with Crippen LogP contribution in [0.4, 0.5) is 0 Å². The minimum absolute atomic E-state index is 0.262. The van der Waals surface area contributed by atoms with Crippen molar-refractivity contribution in [2.24, 2.45) is 5.10 Å². The maximum atomic E-state index is 11.8. The minimum Gasteiger partial charge on any atom is -0.497 e. The highest BCUT2D eigenvalue weighted by atomic mass is 32.1. The van der Waals surface area contributed by atoms with E-state index in [4.69, 9.17) is 4.74 Å². The van der Waals surface area contributed by atoms with Gasteiger partial charge in [-0.15, -0.1) is 11.3 Å². The first-order valence-corrected chi connectivity index (χ1v) is 6.18. The fourth-order valence-electron chi connectivity index (χ4n) is 1.35. The lowest BCUT2D eigenvalue weighted by Gasteiger charge is -2.02. The van der Waals surface area contributed by atoms with Gasteiger partial charge in [0, 0.05) is 10.4 Å². The Morgan fingerprint density at radius 1 is 1.39 bits per heavy atom. The van der Waals surface area contributed by atoms with Gasteiger partial charge in [0.2, 0.25) is 0 Å². The van der Waals surface area contributed by atoms with Crippen LogP contribution in [0, 0.1) is 0 Å². The highest BCUT2D eigenvalue weighted by Gasteiger charge is 2.04. The Kier molecular flexibility index (Phi) is 4.09. The molecule has 0 radical (unpaired) electrons. The molecular formula is C13H12N2O2S. The fourth-order valence-corrected chi connectivity index (χ4v) is 1.93. The van der Waals surface area contributed by atoms with Crippen molar-refractivity contribution in [3.63, 3.8) is 0 Å². The second-order valence-electron chi connectivity index (χ2n) is 3.45. The summed E-state index contributed by atoms with van der Waals surface area (Å²) < 4.78 is 5.05. The molecule has 4 nitrogen and oxygen atoms in total. The zero-order valence-electron chi connectivity index (χ0n) is 9.79. The molecule has 1 heterocycles. The molecule has 92 valence electrons. The summed E-state index contributed by atoms with van der Waals surface area (Å²) in [6.45, 7) is 0. The van der Waals surface area contributed by atoms with E-state index >= 15 is 0 Å². The van der Waals surface area contributed by atoms with Gasteiger partial charge in [-0.3, -0.25) is 4.79 Å². The summed E-state index contributed by atoms with van der Waals surface area (Å²) >= 11 is 1.56. The third kappa shape index (κ3) is 3.18. The highest BCUT2D eigenvalue weighted by molar-refractivity contribution is 7.11. The fraction of sp³-hybridized carbons (Fsp3) is 0.0769. The van der Waals surface area contributed by atoms with Crippen molar-refractivity contribution in [3.05, 3.63) is 52.2 Å². The number of hydrazone groups is 1. The third-order valence-electron chi connectivity index (χ3n) is 2.23. The van der Waals surface area contributed by atoms with Crippen molar-refractivity contribution in [2.45, 2.75) is 0 Å². The van der Waals surface area contributed by atoms with Gasteiger partial charge in [-0.25, -0.2) is 5.43 Å². The van der Waals surface area contributed by atoms with E-state index in [1.807, 2.05) is 17.5 Å². The monoisotopic (exact) mass is 260 g/mol. The van der Waals surface area contributed by atoms with Gasteiger partial charge < -0.3 is 4.74 Å². The molecule has 0 fully saturated rings. The molecule has 1 amide bonds. The zero-order chi connectivity index (χ0) is 12.8. The average molecular weight is 260 g/mol. The highest BCUT2D eigenvalue weighted by Crippen LogP contribution is 2.12. The molecule has 0 spiro atoms. The molecule has 0 saturated heterocycles. The molecule has 5 heteroatoms. The molecule has 0 unspecified atom stereocenters. The van der Waals surface area contributed by atoms with E-state index in [1.165, 1.54) is 0 Å². The minimum atomic E-state index is -0.262. The molecule has 0 aliphatic rings. The number of benzene rings is 1. The van der Waals surface area contributed by atoms with Gasteiger partial charge in [0.25, 0.3) is 5.91 Å². The maximum absolute atomic E-state index is 11.8. The van der Waals surface area contributed by atoms with Crippen LogP contribution in [0.2, 0.25) is 0 Å². The molecule has 0 atom stereocenters. The number of hydrogen-bond donors (Lipinski definition) is 1. The van der Waals surface area contributed by atoms with Gasteiger partial charge >= 0.3 is 0 Å². The van der Waals surface area contributed by atoms with Gasteiger partial charge in [-0.05, 0) is 29.6 Å². The van der Waals surface area contributed by atoms with Crippen LogP contribution in [0.25, 0.3) is 0 Å². The summed E-state index contributed by atoms with van der Waals surface area (Å²) in [5.74, 6) is 0.381. The van der Waals surface area contributed by atoms with E-state index in [2.05, 4.69) is 10.5 Å². The molecule has 1 aromatic carbocycles. The van der Waals surface area contributed by atoms with Crippen LogP contribution < -0.4 is 10.2 Å². The van der Waals surface area contributed by atoms with Crippen molar-refractivity contribution in [1.82, 2.24) is 5.43 Å². The summed E-state index contributed by atoms with van der Waals surface area (Å²) in [6, 6.07) is 10.8. The number of hydrogen-bond acceptors (Lipinski definition) is 4. The Balaban J connectivity index is 1.99. The quantitative estimate of drug-likeness (QED) is 0.678. The van der Waals surface area contributed by atoms with Gasteiger partial charge in [-0.2, -0.15) is 5.10 Å². The molecule has 2 rings (SSSR count). The van der Waals surface area contributed by atoms with Gasteiger partial charge in [-0.1, -0.05) is 12.1 Å². The van der Waals surface area contributed by atoms with Crippen LogP contribution in [0.3, 0.4) is 0 Å². The number of thiophene rings is 1. The number of amides is 1. The van der Waals surface area contributed by atoms with Crippen LogP contribution in [0.15, 0.2) is 46.9 Å². The summed E-state index contributed by atoms with van der Waals surface area (Å²) in [4.78, 5) is 12.8. The van der Waals surface area contributed by atoms with Gasteiger partial charge in [0.1, 0.15) is 5.75 Å². The lowest BCUT2D eigenvalue weighted by molar-refractivity contribution is 0.0955. The average Bonchev–Trinajstić information content (AvgIpc) is 2.92. The Hall–Kier alpha value is -2.14. The van der Waals surface area contributed by atoms with Crippen molar-refractivity contribution in [3.8, 4) is 5.75 Å². The normalized spacial score (nSPS) is 10.5. The van der Waals surface area contributed by atoms with Crippen molar-refractivity contribution in [1.29, 1.82) is 0 Å². The van der Waals surface area contributed by atoms with Crippen LogP contribution in [-0.4, -0.2) is 19.2 Å². The Morgan fingerprint density at radius 3 is 3.00 bits per heavy atom. The Bertz CT molecular complexity index is 550. The second kappa shape index (κ2) is 5.97. The van der Waals surface area contributed by atoms with E-state index in [-0.39, 0.29) is 5.91 Å². The largest absolute Gasteiger partial charge is 0.497 e. The maximum Gasteiger partial charge on any atom is 0.271 e.